The Morgan fingerprint density at radius 3 is 2.62 bits per heavy atom. The lowest BCUT2D eigenvalue weighted by Gasteiger charge is -2.24. The number of carbonyl (C=O) groups excluding carboxylic acids is 1. The van der Waals surface area contributed by atoms with Gasteiger partial charge in [0.05, 0.1) is 0 Å². The van der Waals surface area contributed by atoms with Crippen LogP contribution in [0.1, 0.15) is 63.5 Å². The van der Waals surface area contributed by atoms with Crippen molar-refractivity contribution in [1.29, 1.82) is 0 Å². The van der Waals surface area contributed by atoms with E-state index in [1.165, 1.54) is 36.8 Å². The fourth-order valence-corrected chi connectivity index (χ4v) is 3.04. The van der Waals surface area contributed by atoms with Crippen molar-refractivity contribution in [2.24, 2.45) is 5.92 Å². The molecule has 1 amide bonds. The monoisotopic (exact) mass is 330 g/mol. The van der Waals surface area contributed by atoms with E-state index in [4.69, 9.17) is 4.74 Å². The summed E-state index contributed by atoms with van der Waals surface area (Å²) in [6, 6.07) is 9.04. The Hall–Kier alpha value is -1.55. The van der Waals surface area contributed by atoms with Gasteiger partial charge in [-0.1, -0.05) is 24.3 Å². The average Bonchev–Trinajstić information content (AvgIpc) is 3.38. The van der Waals surface area contributed by atoms with Crippen LogP contribution < -0.4 is 10.6 Å². The second-order valence-corrected chi connectivity index (χ2v) is 8.24. The summed E-state index contributed by atoms with van der Waals surface area (Å²) in [5.41, 5.74) is 2.35. The van der Waals surface area contributed by atoms with Crippen LogP contribution in [0.5, 0.6) is 0 Å². The summed E-state index contributed by atoms with van der Waals surface area (Å²) in [6.07, 6.45) is 4.75. The molecular formula is C20H30N2O2. The molecule has 0 aliphatic heterocycles. The van der Waals surface area contributed by atoms with Gasteiger partial charge in [0.1, 0.15) is 5.60 Å². The predicted octanol–water partition coefficient (Wildman–Crippen LogP) is 3.96. The SMILES string of the molecule is CC(C)(C)OC(=O)NC(CNCc1cccc(C2CC2)c1)C1CC1. The van der Waals surface area contributed by atoms with E-state index < -0.39 is 5.60 Å². The quantitative estimate of drug-likeness (QED) is 0.796. The fourth-order valence-electron chi connectivity index (χ4n) is 3.04. The molecule has 132 valence electrons. The molecule has 0 aromatic heterocycles. The minimum atomic E-state index is -0.450. The lowest BCUT2D eigenvalue weighted by molar-refractivity contribution is 0.0497. The van der Waals surface area contributed by atoms with Gasteiger partial charge in [-0.15, -0.1) is 0 Å². The molecule has 0 spiro atoms. The van der Waals surface area contributed by atoms with Crippen LogP contribution >= 0.6 is 0 Å². The summed E-state index contributed by atoms with van der Waals surface area (Å²) in [6.45, 7) is 7.31. The molecule has 2 aliphatic carbocycles. The number of alkyl carbamates (subject to hydrolysis) is 1. The number of hydrogen-bond donors (Lipinski definition) is 2. The zero-order valence-electron chi connectivity index (χ0n) is 15.1. The highest BCUT2D eigenvalue weighted by molar-refractivity contribution is 5.68. The molecule has 1 atom stereocenters. The molecule has 2 N–H and O–H groups in total. The van der Waals surface area contributed by atoms with Gasteiger partial charge in [0.15, 0.2) is 0 Å². The van der Waals surface area contributed by atoms with Crippen LogP contribution in [-0.4, -0.2) is 24.3 Å². The molecule has 0 radical (unpaired) electrons. The van der Waals surface area contributed by atoms with Crippen LogP contribution in [0.3, 0.4) is 0 Å². The van der Waals surface area contributed by atoms with Crippen LogP contribution in [0.2, 0.25) is 0 Å². The Morgan fingerprint density at radius 2 is 2.00 bits per heavy atom. The summed E-state index contributed by atoms with van der Waals surface area (Å²) < 4.78 is 5.38. The molecule has 0 heterocycles. The Kier molecular flexibility index (Phi) is 5.14. The first-order valence-corrected chi connectivity index (χ1v) is 9.20. The van der Waals surface area contributed by atoms with Crippen LogP contribution in [0.25, 0.3) is 0 Å². The van der Waals surface area contributed by atoms with Gasteiger partial charge in [-0.2, -0.15) is 0 Å². The van der Waals surface area contributed by atoms with Crippen molar-refractivity contribution in [3.8, 4) is 0 Å². The highest BCUT2D eigenvalue weighted by atomic mass is 16.6. The molecule has 24 heavy (non-hydrogen) atoms. The Morgan fingerprint density at radius 1 is 1.25 bits per heavy atom. The van der Waals surface area contributed by atoms with Crippen LogP contribution in [0, 0.1) is 5.92 Å². The van der Waals surface area contributed by atoms with Gasteiger partial charge in [0.2, 0.25) is 0 Å². The first-order chi connectivity index (χ1) is 11.4. The Labute approximate surface area is 145 Å². The smallest absolute Gasteiger partial charge is 0.407 e. The van der Waals surface area contributed by atoms with E-state index in [2.05, 4.69) is 34.9 Å². The van der Waals surface area contributed by atoms with Crippen molar-refractivity contribution in [3.05, 3.63) is 35.4 Å². The van der Waals surface area contributed by atoms with E-state index in [0.717, 1.165) is 19.0 Å². The van der Waals surface area contributed by atoms with Crippen molar-refractivity contribution in [2.45, 2.75) is 70.6 Å². The van der Waals surface area contributed by atoms with Crippen molar-refractivity contribution >= 4 is 6.09 Å². The Balaban J connectivity index is 1.46. The second-order valence-electron chi connectivity index (χ2n) is 8.24. The fraction of sp³-hybridized carbons (Fsp3) is 0.650. The van der Waals surface area contributed by atoms with Crippen LogP contribution in [-0.2, 0) is 11.3 Å². The molecule has 1 aromatic rings. The first-order valence-electron chi connectivity index (χ1n) is 9.20. The van der Waals surface area contributed by atoms with Crippen molar-refractivity contribution < 1.29 is 9.53 Å². The van der Waals surface area contributed by atoms with Gasteiger partial charge >= 0.3 is 6.09 Å². The number of benzene rings is 1. The first kappa shape index (κ1) is 17.3. The largest absolute Gasteiger partial charge is 0.444 e. The average molecular weight is 330 g/mol. The highest BCUT2D eigenvalue weighted by Crippen LogP contribution is 2.40. The lowest BCUT2D eigenvalue weighted by Crippen LogP contribution is -2.45. The maximum absolute atomic E-state index is 12.0. The van der Waals surface area contributed by atoms with Gasteiger partial charge in [-0.05, 0) is 69.4 Å². The van der Waals surface area contributed by atoms with Gasteiger partial charge in [-0.3, -0.25) is 0 Å². The molecule has 2 aliphatic rings. The highest BCUT2D eigenvalue weighted by Gasteiger charge is 2.33. The summed E-state index contributed by atoms with van der Waals surface area (Å²) in [5, 5.41) is 6.55. The van der Waals surface area contributed by atoms with E-state index in [9.17, 15) is 4.79 Å². The van der Waals surface area contributed by atoms with Crippen LogP contribution in [0.15, 0.2) is 24.3 Å². The van der Waals surface area contributed by atoms with Crippen molar-refractivity contribution in [2.75, 3.05) is 6.54 Å². The number of rotatable bonds is 7. The number of hydrogen-bond acceptors (Lipinski definition) is 3. The third kappa shape index (κ3) is 5.52. The molecule has 3 rings (SSSR count). The van der Waals surface area contributed by atoms with Gasteiger partial charge in [0, 0.05) is 19.1 Å². The maximum Gasteiger partial charge on any atom is 0.407 e. The molecule has 0 bridgehead atoms. The van der Waals surface area contributed by atoms with E-state index in [0.29, 0.717) is 5.92 Å². The molecule has 2 fully saturated rings. The van der Waals surface area contributed by atoms with E-state index in [-0.39, 0.29) is 12.1 Å². The second kappa shape index (κ2) is 7.14. The third-order valence-corrected chi connectivity index (χ3v) is 4.59. The molecule has 4 nitrogen and oxygen atoms in total. The molecule has 4 heteroatoms. The number of amides is 1. The van der Waals surface area contributed by atoms with Crippen LogP contribution in [0.4, 0.5) is 4.79 Å². The summed E-state index contributed by atoms with van der Waals surface area (Å²) in [4.78, 5) is 12.0. The molecule has 0 saturated heterocycles. The normalized spacial score (nSPS) is 19.0. The Bertz CT molecular complexity index is 571. The van der Waals surface area contributed by atoms with Crippen molar-refractivity contribution in [1.82, 2.24) is 10.6 Å². The topological polar surface area (TPSA) is 50.4 Å². The van der Waals surface area contributed by atoms with Gasteiger partial charge < -0.3 is 15.4 Å². The summed E-state index contributed by atoms with van der Waals surface area (Å²) in [7, 11) is 0. The minimum absolute atomic E-state index is 0.159. The maximum atomic E-state index is 12.0. The molecule has 1 aromatic carbocycles. The summed E-state index contributed by atoms with van der Waals surface area (Å²) in [5.74, 6) is 1.38. The van der Waals surface area contributed by atoms with E-state index >= 15 is 0 Å². The zero-order valence-corrected chi connectivity index (χ0v) is 15.1. The van der Waals surface area contributed by atoms with E-state index in [1.54, 1.807) is 0 Å². The zero-order chi connectivity index (χ0) is 17.2. The van der Waals surface area contributed by atoms with E-state index in [1.807, 2.05) is 20.8 Å². The minimum Gasteiger partial charge on any atom is -0.444 e. The number of nitrogens with one attached hydrogen (secondary N) is 2. The lowest BCUT2D eigenvalue weighted by atomic mass is 10.1. The number of carbonyl (C=O) groups is 1. The van der Waals surface area contributed by atoms with Gasteiger partial charge in [-0.25, -0.2) is 4.79 Å². The van der Waals surface area contributed by atoms with Crippen molar-refractivity contribution in [3.63, 3.8) is 0 Å². The standard InChI is InChI=1S/C20H30N2O2/c1-20(2,3)24-19(23)22-18(16-9-10-16)13-21-12-14-5-4-6-17(11-14)15-7-8-15/h4-6,11,15-16,18,21H,7-10,12-13H2,1-3H3,(H,22,23). The molecule has 2 saturated carbocycles. The third-order valence-electron chi connectivity index (χ3n) is 4.59. The number of ether oxygens (including phenoxy) is 1. The van der Waals surface area contributed by atoms with Gasteiger partial charge in [0.25, 0.3) is 0 Å². The summed E-state index contributed by atoms with van der Waals surface area (Å²) >= 11 is 0. The molecule has 1 unspecified atom stereocenters. The molecular weight excluding hydrogens is 300 g/mol. The predicted molar refractivity (Wildman–Crippen MR) is 96.0 cm³/mol.